The standard InChI is InChI=1S/C12H17ClN6/c1-3-17-4-6-18(7-5-17)11-9(2)10(13)16-12-14-8-15-19(11)12/h8H,3-7H2,1-2H3. The van der Waals surface area contributed by atoms with Crippen LogP contribution in [0.4, 0.5) is 5.82 Å². The summed E-state index contributed by atoms with van der Waals surface area (Å²) in [7, 11) is 0. The first-order chi connectivity index (χ1) is 9.20. The second-order valence-electron chi connectivity index (χ2n) is 4.74. The number of fused-ring (bicyclic) bond motifs is 1. The number of nitrogens with zero attached hydrogens (tertiary/aromatic N) is 6. The van der Waals surface area contributed by atoms with Gasteiger partial charge in [0.2, 0.25) is 0 Å². The number of anilines is 1. The average Bonchev–Trinajstić information content (AvgIpc) is 2.88. The zero-order chi connectivity index (χ0) is 13.4. The predicted molar refractivity (Wildman–Crippen MR) is 74.9 cm³/mol. The predicted octanol–water partition coefficient (Wildman–Crippen LogP) is 1.23. The zero-order valence-electron chi connectivity index (χ0n) is 11.2. The molecule has 19 heavy (non-hydrogen) atoms. The molecule has 1 aliphatic heterocycles. The summed E-state index contributed by atoms with van der Waals surface area (Å²) in [5.41, 5.74) is 0.963. The van der Waals surface area contributed by atoms with Crippen molar-refractivity contribution >= 4 is 23.2 Å². The van der Waals surface area contributed by atoms with Gasteiger partial charge in [0.05, 0.1) is 0 Å². The largest absolute Gasteiger partial charge is 0.354 e. The highest BCUT2D eigenvalue weighted by molar-refractivity contribution is 6.30. The minimum Gasteiger partial charge on any atom is -0.354 e. The molecule has 6 nitrogen and oxygen atoms in total. The molecule has 0 aliphatic carbocycles. The maximum absolute atomic E-state index is 6.20. The molecule has 0 amide bonds. The molecule has 0 radical (unpaired) electrons. The van der Waals surface area contributed by atoms with Crippen molar-refractivity contribution in [2.24, 2.45) is 0 Å². The minimum atomic E-state index is 0.508. The van der Waals surface area contributed by atoms with E-state index in [2.05, 4.69) is 31.8 Å². The van der Waals surface area contributed by atoms with Gasteiger partial charge in [0.1, 0.15) is 17.3 Å². The van der Waals surface area contributed by atoms with Gasteiger partial charge in [-0.3, -0.25) is 0 Å². The molecule has 2 aromatic heterocycles. The van der Waals surface area contributed by atoms with Crippen LogP contribution in [0.3, 0.4) is 0 Å². The Hall–Kier alpha value is -1.40. The molecule has 0 N–H and O–H groups in total. The van der Waals surface area contributed by atoms with Gasteiger partial charge in [-0.1, -0.05) is 18.5 Å². The van der Waals surface area contributed by atoms with Crippen LogP contribution in [0.25, 0.3) is 5.78 Å². The summed E-state index contributed by atoms with van der Waals surface area (Å²) >= 11 is 6.20. The Labute approximate surface area is 117 Å². The van der Waals surface area contributed by atoms with Crippen molar-refractivity contribution in [1.29, 1.82) is 0 Å². The van der Waals surface area contributed by atoms with E-state index in [0.29, 0.717) is 10.9 Å². The Morgan fingerprint density at radius 3 is 2.68 bits per heavy atom. The number of halogens is 1. The van der Waals surface area contributed by atoms with Crippen LogP contribution >= 0.6 is 11.6 Å². The van der Waals surface area contributed by atoms with E-state index in [0.717, 1.165) is 44.1 Å². The highest BCUT2D eigenvalue weighted by Gasteiger charge is 2.22. The number of aromatic nitrogens is 4. The van der Waals surface area contributed by atoms with E-state index in [1.807, 2.05) is 6.92 Å². The molecule has 0 aromatic carbocycles. The van der Waals surface area contributed by atoms with Gasteiger partial charge in [0.15, 0.2) is 0 Å². The summed E-state index contributed by atoms with van der Waals surface area (Å²) in [6, 6.07) is 0. The lowest BCUT2D eigenvalue weighted by Crippen LogP contribution is -2.47. The van der Waals surface area contributed by atoms with Crippen molar-refractivity contribution in [3.05, 3.63) is 17.0 Å². The topological polar surface area (TPSA) is 49.6 Å². The SMILES string of the molecule is CCN1CCN(c2c(C)c(Cl)nc3ncnn23)CC1. The summed E-state index contributed by atoms with van der Waals surface area (Å²) in [5.74, 6) is 1.58. The molecule has 3 heterocycles. The van der Waals surface area contributed by atoms with E-state index in [4.69, 9.17) is 11.6 Å². The van der Waals surface area contributed by atoms with Crippen LogP contribution < -0.4 is 4.90 Å². The van der Waals surface area contributed by atoms with E-state index in [1.165, 1.54) is 6.33 Å². The van der Waals surface area contributed by atoms with Crippen LogP contribution in [0.5, 0.6) is 0 Å². The molecule has 2 aromatic rings. The lowest BCUT2D eigenvalue weighted by molar-refractivity contribution is 0.270. The number of likely N-dealkylation sites (N-methyl/N-ethyl adjacent to an activating group) is 1. The quantitative estimate of drug-likeness (QED) is 0.775. The van der Waals surface area contributed by atoms with Crippen LogP contribution in [0.1, 0.15) is 12.5 Å². The fourth-order valence-electron chi connectivity index (χ4n) is 2.53. The van der Waals surface area contributed by atoms with E-state index >= 15 is 0 Å². The molecule has 0 spiro atoms. The van der Waals surface area contributed by atoms with Crippen molar-refractivity contribution in [2.75, 3.05) is 37.6 Å². The molecule has 1 fully saturated rings. The lowest BCUT2D eigenvalue weighted by Gasteiger charge is -2.36. The number of piperazine rings is 1. The number of hydrogen-bond donors (Lipinski definition) is 0. The van der Waals surface area contributed by atoms with Crippen molar-refractivity contribution in [3.8, 4) is 0 Å². The van der Waals surface area contributed by atoms with Gasteiger partial charge in [0.25, 0.3) is 5.78 Å². The van der Waals surface area contributed by atoms with Gasteiger partial charge in [-0.2, -0.15) is 19.6 Å². The Bertz CT molecular complexity index is 587. The fourth-order valence-corrected chi connectivity index (χ4v) is 2.69. The lowest BCUT2D eigenvalue weighted by atomic mass is 10.2. The smallest absolute Gasteiger partial charge is 0.255 e. The third kappa shape index (κ3) is 2.15. The summed E-state index contributed by atoms with van der Waals surface area (Å²) in [5, 5.41) is 4.77. The van der Waals surface area contributed by atoms with Crippen molar-refractivity contribution in [2.45, 2.75) is 13.8 Å². The molecule has 0 saturated carbocycles. The molecule has 0 unspecified atom stereocenters. The monoisotopic (exact) mass is 280 g/mol. The van der Waals surface area contributed by atoms with Gasteiger partial charge >= 0.3 is 0 Å². The van der Waals surface area contributed by atoms with Crippen LogP contribution in [-0.2, 0) is 0 Å². The van der Waals surface area contributed by atoms with Crippen LogP contribution in [-0.4, -0.2) is 57.2 Å². The highest BCUT2D eigenvalue weighted by atomic mass is 35.5. The van der Waals surface area contributed by atoms with Crippen LogP contribution in [0.15, 0.2) is 6.33 Å². The Balaban J connectivity index is 2.00. The van der Waals surface area contributed by atoms with E-state index < -0.39 is 0 Å². The first-order valence-electron chi connectivity index (χ1n) is 6.54. The molecule has 7 heteroatoms. The summed E-state index contributed by atoms with van der Waals surface area (Å²) in [6.07, 6.45) is 1.52. The van der Waals surface area contributed by atoms with E-state index in [-0.39, 0.29) is 0 Å². The molecule has 1 aliphatic rings. The minimum absolute atomic E-state index is 0.508. The maximum Gasteiger partial charge on any atom is 0.255 e. The Morgan fingerprint density at radius 2 is 2.00 bits per heavy atom. The summed E-state index contributed by atoms with van der Waals surface area (Å²) < 4.78 is 1.78. The second-order valence-corrected chi connectivity index (χ2v) is 5.10. The van der Waals surface area contributed by atoms with Crippen molar-refractivity contribution in [1.82, 2.24) is 24.5 Å². The molecule has 0 bridgehead atoms. The van der Waals surface area contributed by atoms with Gasteiger partial charge in [-0.25, -0.2) is 0 Å². The molecule has 3 rings (SSSR count). The number of rotatable bonds is 2. The van der Waals surface area contributed by atoms with Gasteiger partial charge in [0, 0.05) is 31.7 Å². The van der Waals surface area contributed by atoms with E-state index in [1.54, 1.807) is 4.52 Å². The second kappa shape index (κ2) is 4.94. The Morgan fingerprint density at radius 1 is 1.26 bits per heavy atom. The number of hydrogen-bond acceptors (Lipinski definition) is 5. The van der Waals surface area contributed by atoms with Crippen molar-refractivity contribution in [3.63, 3.8) is 0 Å². The molecule has 0 atom stereocenters. The molecular formula is C12H17ClN6. The normalized spacial score (nSPS) is 17.3. The third-order valence-electron chi connectivity index (χ3n) is 3.69. The summed E-state index contributed by atoms with van der Waals surface area (Å²) in [6.45, 7) is 9.35. The zero-order valence-corrected chi connectivity index (χ0v) is 11.9. The van der Waals surface area contributed by atoms with Gasteiger partial charge in [-0.05, 0) is 13.5 Å². The fraction of sp³-hybridized carbons (Fsp3) is 0.583. The van der Waals surface area contributed by atoms with Crippen LogP contribution in [0.2, 0.25) is 5.15 Å². The van der Waals surface area contributed by atoms with E-state index in [9.17, 15) is 0 Å². The maximum atomic E-state index is 6.20. The molecular weight excluding hydrogens is 264 g/mol. The van der Waals surface area contributed by atoms with Gasteiger partial charge in [-0.15, -0.1) is 0 Å². The third-order valence-corrected chi connectivity index (χ3v) is 4.06. The highest BCUT2D eigenvalue weighted by Crippen LogP contribution is 2.26. The molecule has 1 saturated heterocycles. The van der Waals surface area contributed by atoms with Crippen molar-refractivity contribution < 1.29 is 0 Å². The summed E-state index contributed by atoms with van der Waals surface area (Å²) in [4.78, 5) is 13.1. The Kier molecular flexibility index (Phi) is 3.28. The molecule has 102 valence electrons. The average molecular weight is 281 g/mol. The van der Waals surface area contributed by atoms with Gasteiger partial charge < -0.3 is 9.80 Å². The van der Waals surface area contributed by atoms with Crippen LogP contribution in [0, 0.1) is 6.92 Å². The first-order valence-corrected chi connectivity index (χ1v) is 6.91. The first kappa shape index (κ1) is 12.6.